The monoisotopic (exact) mass is 442 g/mol. The van der Waals surface area contributed by atoms with Gasteiger partial charge in [0, 0.05) is 25.5 Å². The number of hydrogen-bond donors (Lipinski definition) is 1. The van der Waals surface area contributed by atoms with Gasteiger partial charge < -0.3 is 5.32 Å². The van der Waals surface area contributed by atoms with Crippen LogP contribution in [-0.2, 0) is 4.79 Å². The van der Waals surface area contributed by atoms with Crippen molar-refractivity contribution in [2.75, 3.05) is 5.32 Å². The number of thiophene rings is 1. The van der Waals surface area contributed by atoms with Crippen molar-refractivity contribution in [3.63, 3.8) is 0 Å². The molecule has 0 unspecified atom stereocenters. The lowest BCUT2D eigenvalue weighted by atomic mass is 10.0. The Kier molecular flexibility index (Phi) is 4.76. The Hall–Kier alpha value is -2.21. The predicted octanol–water partition coefficient (Wildman–Crippen LogP) is 5.99. The Morgan fingerprint density at radius 2 is 1.92 bits per heavy atom. The molecule has 2 heterocycles. The number of amides is 1. The SMILES string of the molecule is O=C1Nc2ccc(Br)cc2C(c2ccccc2Cl)=N/C1=C/c1cccs1. The minimum absolute atomic E-state index is 0.246. The van der Waals surface area contributed by atoms with E-state index in [2.05, 4.69) is 21.2 Å². The lowest BCUT2D eigenvalue weighted by Gasteiger charge is -2.11. The zero-order chi connectivity index (χ0) is 18.1. The number of nitrogens with zero attached hydrogens (tertiary/aromatic N) is 1. The van der Waals surface area contributed by atoms with Crippen LogP contribution >= 0.6 is 38.9 Å². The van der Waals surface area contributed by atoms with Gasteiger partial charge in [0.05, 0.1) is 11.4 Å². The number of nitrogens with one attached hydrogen (secondary N) is 1. The largest absolute Gasteiger partial charge is 0.320 e. The van der Waals surface area contributed by atoms with Crippen LogP contribution in [-0.4, -0.2) is 11.6 Å². The second-order valence-corrected chi connectivity index (χ2v) is 7.93. The van der Waals surface area contributed by atoms with Crippen LogP contribution in [0.4, 0.5) is 5.69 Å². The second kappa shape index (κ2) is 7.19. The van der Waals surface area contributed by atoms with Crippen molar-refractivity contribution in [3.8, 4) is 0 Å². The first-order valence-electron chi connectivity index (χ1n) is 7.82. The molecule has 0 fully saturated rings. The molecule has 0 spiro atoms. The Labute approximate surface area is 168 Å². The molecule has 1 aliphatic heterocycles. The molecular weight excluding hydrogens is 432 g/mol. The van der Waals surface area contributed by atoms with E-state index < -0.39 is 0 Å². The number of benzodiazepines with no additional fused rings is 1. The zero-order valence-corrected chi connectivity index (χ0v) is 16.5. The summed E-state index contributed by atoms with van der Waals surface area (Å²) in [6, 6.07) is 17.1. The first-order chi connectivity index (χ1) is 12.6. The van der Waals surface area contributed by atoms with Gasteiger partial charge in [-0.3, -0.25) is 4.79 Å². The predicted molar refractivity (Wildman–Crippen MR) is 112 cm³/mol. The summed E-state index contributed by atoms with van der Waals surface area (Å²) in [4.78, 5) is 18.4. The summed E-state index contributed by atoms with van der Waals surface area (Å²) < 4.78 is 0.899. The van der Waals surface area contributed by atoms with Gasteiger partial charge >= 0.3 is 0 Å². The van der Waals surface area contributed by atoms with Gasteiger partial charge in [-0.05, 0) is 41.8 Å². The molecule has 26 heavy (non-hydrogen) atoms. The molecule has 2 aromatic carbocycles. The summed E-state index contributed by atoms with van der Waals surface area (Å²) >= 11 is 11.5. The highest BCUT2D eigenvalue weighted by atomic mass is 79.9. The average molecular weight is 444 g/mol. The van der Waals surface area contributed by atoms with Crippen LogP contribution < -0.4 is 5.32 Å². The van der Waals surface area contributed by atoms with Crippen LogP contribution in [0.15, 0.2) is 75.1 Å². The fourth-order valence-electron chi connectivity index (χ4n) is 2.70. The number of carbonyl (C=O) groups is 1. The third-order valence-corrected chi connectivity index (χ3v) is 5.54. The molecule has 1 amide bonds. The molecule has 1 aromatic heterocycles. The smallest absolute Gasteiger partial charge is 0.274 e. The number of aliphatic imine (C=N–C) groups is 1. The van der Waals surface area contributed by atoms with E-state index in [4.69, 9.17) is 16.6 Å². The minimum atomic E-state index is -0.246. The van der Waals surface area contributed by atoms with Crippen LogP contribution in [0.1, 0.15) is 16.0 Å². The van der Waals surface area contributed by atoms with Gasteiger partial charge in [-0.2, -0.15) is 0 Å². The fraction of sp³-hybridized carbons (Fsp3) is 0. The van der Waals surface area contributed by atoms with E-state index in [1.807, 2.05) is 60.0 Å². The van der Waals surface area contributed by atoms with Crippen molar-refractivity contribution in [1.29, 1.82) is 0 Å². The Morgan fingerprint density at radius 1 is 1.08 bits per heavy atom. The fourth-order valence-corrected chi connectivity index (χ4v) is 3.94. The van der Waals surface area contributed by atoms with E-state index in [1.54, 1.807) is 17.4 Å². The first-order valence-corrected chi connectivity index (χ1v) is 9.87. The highest BCUT2D eigenvalue weighted by Gasteiger charge is 2.23. The van der Waals surface area contributed by atoms with Crippen LogP contribution in [0, 0.1) is 0 Å². The van der Waals surface area contributed by atoms with Gasteiger partial charge in [0.2, 0.25) is 0 Å². The lowest BCUT2D eigenvalue weighted by molar-refractivity contribution is -0.112. The maximum Gasteiger partial charge on any atom is 0.274 e. The molecule has 128 valence electrons. The quantitative estimate of drug-likeness (QED) is 0.485. The number of hydrogen-bond acceptors (Lipinski definition) is 3. The summed E-state index contributed by atoms with van der Waals surface area (Å²) in [6.45, 7) is 0. The number of benzene rings is 2. The standard InChI is InChI=1S/C20H12BrClN2OS/c21-12-7-8-17-15(10-12)19(14-5-1-2-6-16(14)22)23-18(20(25)24-17)11-13-4-3-9-26-13/h1-11H,(H,24,25)/b18-11+. The maximum absolute atomic E-state index is 12.7. The lowest BCUT2D eigenvalue weighted by Crippen LogP contribution is -2.12. The number of fused-ring (bicyclic) bond motifs is 1. The zero-order valence-electron chi connectivity index (χ0n) is 13.4. The molecule has 3 nitrogen and oxygen atoms in total. The molecule has 0 saturated heterocycles. The van der Waals surface area contributed by atoms with Crippen molar-refractivity contribution in [3.05, 3.63) is 91.2 Å². The summed E-state index contributed by atoms with van der Waals surface area (Å²) in [5.74, 6) is -0.246. The molecule has 0 bridgehead atoms. The van der Waals surface area contributed by atoms with E-state index in [1.165, 1.54) is 0 Å². The van der Waals surface area contributed by atoms with E-state index >= 15 is 0 Å². The van der Waals surface area contributed by atoms with Crippen molar-refractivity contribution >= 4 is 62.2 Å². The molecule has 1 aliphatic rings. The van der Waals surface area contributed by atoms with Crippen LogP contribution in [0.3, 0.4) is 0 Å². The highest BCUT2D eigenvalue weighted by molar-refractivity contribution is 9.10. The summed E-state index contributed by atoms with van der Waals surface area (Å²) in [5.41, 5.74) is 3.30. The van der Waals surface area contributed by atoms with Gasteiger partial charge in [-0.25, -0.2) is 4.99 Å². The Balaban J connectivity index is 1.97. The highest BCUT2D eigenvalue weighted by Crippen LogP contribution is 2.31. The van der Waals surface area contributed by atoms with Crippen molar-refractivity contribution in [2.24, 2.45) is 4.99 Å². The van der Waals surface area contributed by atoms with E-state index in [0.717, 1.165) is 20.5 Å². The number of carbonyl (C=O) groups excluding carboxylic acids is 1. The molecule has 3 aromatic rings. The molecule has 0 aliphatic carbocycles. The minimum Gasteiger partial charge on any atom is -0.320 e. The molecule has 6 heteroatoms. The molecular formula is C20H12BrClN2OS. The molecule has 0 saturated carbocycles. The van der Waals surface area contributed by atoms with Gasteiger partial charge in [-0.1, -0.05) is 51.8 Å². The van der Waals surface area contributed by atoms with Gasteiger partial charge in [-0.15, -0.1) is 11.3 Å². The average Bonchev–Trinajstić information content (AvgIpc) is 3.09. The second-order valence-electron chi connectivity index (χ2n) is 5.63. The van der Waals surface area contributed by atoms with E-state index in [9.17, 15) is 4.79 Å². The van der Waals surface area contributed by atoms with Gasteiger partial charge in [0.15, 0.2) is 0 Å². The van der Waals surface area contributed by atoms with Crippen molar-refractivity contribution < 1.29 is 4.79 Å². The van der Waals surface area contributed by atoms with Crippen molar-refractivity contribution in [2.45, 2.75) is 0 Å². The van der Waals surface area contributed by atoms with Gasteiger partial charge in [0.1, 0.15) is 5.70 Å². The third kappa shape index (κ3) is 3.38. The van der Waals surface area contributed by atoms with Gasteiger partial charge in [0.25, 0.3) is 5.91 Å². The van der Waals surface area contributed by atoms with Crippen LogP contribution in [0.2, 0.25) is 5.02 Å². The van der Waals surface area contributed by atoms with Crippen LogP contribution in [0.25, 0.3) is 6.08 Å². The Bertz CT molecular complexity index is 1060. The molecule has 0 radical (unpaired) electrons. The summed E-state index contributed by atoms with van der Waals surface area (Å²) in [6.07, 6.45) is 1.79. The first kappa shape index (κ1) is 17.2. The molecule has 1 N–H and O–H groups in total. The molecule has 0 atom stereocenters. The van der Waals surface area contributed by atoms with E-state index in [-0.39, 0.29) is 5.91 Å². The summed E-state index contributed by atoms with van der Waals surface area (Å²) in [5, 5.41) is 5.50. The number of rotatable bonds is 2. The normalized spacial score (nSPS) is 15.2. The number of halogens is 2. The summed E-state index contributed by atoms with van der Waals surface area (Å²) in [7, 11) is 0. The van der Waals surface area contributed by atoms with E-state index in [0.29, 0.717) is 22.1 Å². The maximum atomic E-state index is 12.7. The van der Waals surface area contributed by atoms with Crippen molar-refractivity contribution in [1.82, 2.24) is 0 Å². The topological polar surface area (TPSA) is 41.5 Å². The third-order valence-electron chi connectivity index (χ3n) is 3.90. The van der Waals surface area contributed by atoms with Crippen LogP contribution in [0.5, 0.6) is 0 Å². The number of anilines is 1. The molecule has 4 rings (SSSR count). The Morgan fingerprint density at radius 3 is 2.69 bits per heavy atom.